The van der Waals surface area contributed by atoms with E-state index >= 15 is 4.39 Å². The van der Waals surface area contributed by atoms with Crippen molar-refractivity contribution in [3.8, 4) is 23.0 Å². The number of ether oxygens (including phenoxy) is 3. The summed E-state index contributed by atoms with van der Waals surface area (Å²) in [6.07, 6.45) is -1.97. The van der Waals surface area contributed by atoms with Crippen LogP contribution in [0.25, 0.3) is 10.9 Å². The number of halogens is 5. The van der Waals surface area contributed by atoms with Gasteiger partial charge in [0, 0.05) is 55.2 Å². The first-order chi connectivity index (χ1) is 24.8. The molecule has 6 rings (SSSR count). The fraction of sp³-hybridized carbons (Fsp3) is 0.333. The predicted molar refractivity (Wildman–Crippen MR) is 179 cm³/mol. The molecule has 2 fully saturated rings. The molecule has 1 saturated heterocycles. The minimum absolute atomic E-state index is 0.0116. The second-order valence-corrected chi connectivity index (χ2v) is 12.5. The molecular formula is C36H34F5N5O6. The summed E-state index contributed by atoms with van der Waals surface area (Å²) in [5.74, 6) is -3.07. The maximum absolute atomic E-state index is 15.3. The molecule has 16 heteroatoms. The van der Waals surface area contributed by atoms with E-state index in [4.69, 9.17) is 14.2 Å². The highest BCUT2D eigenvalue weighted by molar-refractivity contribution is 6.17. The number of carbonyl (C=O) groups excluding carboxylic acids is 3. The first-order valence-electron chi connectivity index (χ1n) is 16.3. The second kappa shape index (κ2) is 14.6. The van der Waals surface area contributed by atoms with Crippen LogP contribution in [0.2, 0.25) is 0 Å². The molecule has 3 N–H and O–H groups in total. The number of hydrogen-bond acceptors (Lipinski definition) is 8. The minimum atomic E-state index is -4.98. The Labute approximate surface area is 294 Å². The van der Waals surface area contributed by atoms with Crippen LogP contribution in [0, 0.1) is 17.0 Å². The number of likely N-dealkylation sites (tertiary alicyclic amines) is 1. The fourth-order valence-corrected chi connectivity index (χ4v) is 5.90. The number of hydrogen-bond donors (Lipinski definition) is 3. The molecule has 1 aliphatic heterocycles. The standard InChI is InChI=1S/C36H34F5N5O6/c1-42-32(47)19-46-13-8-22(9-14-46)51-31-18-27-23(17-30(31)50-2)28(7-12-43-27)52-29-6-4-21(16-26(29)38)45-34(49)35(10-11-35)33(48)44-20-3-5-25(37)24(15-20)36(39,40)41/h3-7,12,15-18,22H,8-11,13-14,19H2,1-2H3,(H,42,47)(H,44,48)(H,45,49). The third kappa shape index (κ3) is 7.86. The molecule has 0 unspecified atom stereocenters. The van der Waals surface area contributed by atoms with Crippen molar-refractivity contribution >= 4 is 40.0 Å². The van der Waals surface area contributed by atoms with Crippen LogP contribution < -0.4 is 30.2 Å². The zero-order valence-corrected chi connectivity index (χ0v) is 28.0. The number of carbonyl (C=O) groups is 3. The van der Waals surface area contributed by atoms with E-state index in [1.54, 1.807) is 25.2 Å². The number of nitrogens with zero attached hydrogens (tertiary/aromatic N) is 2. The fourth-order valence-electron chi connectivity index (χ4n) is 5.90. The predicted octanol–water partition coefficient (Wildman–Crippen LogP) is 6.28. The molecule has 4 aromatic rings. The molecule has 11 nitrogen and oxygen atoms in total. The van der Waals surface area contributed by atoms with E-state index in [1.165, 1.54) is 25.4 Å². The number of piperidine rings is 1. The Bertz CT molecular complexity index is 2010. The van der Waals surface area contributed by atoms with Gasteiger partial charge in [-0.15, -0.1) is 0 Å². The van der Waals surface area contributed by atoms with Crippen molar-refractivity contribution < 1.29 is 50.5 Å². The summed E-state index contributed by atoms with van der Waals surface area (Å²) in [6.45, 7) is 1.72. The van der Waals surface area contributed by atoms with Crippen LogP contribution in [0.4, 0.5) is 33.3 Å². The van der Waals surface area contributed by atoms with E-state index in [2.05, 4.69) is 25.8 Å². The Hall–Kier alpha value is -5.51. The number of anilines is 2. The second-order valence-electron chi connectivity index (χ2n) is 12.5. The molecule has 3 aromatic carbocycles. The SMILES string of the molecule is CNC(=O)CN1CCC(Oc2cc3nccc(Oc4ccc(NC(=O)C5(C(=O)Nc6ccc(F)c(C(F)(F)F)c6)CC5)cc4F)c3cc2OC)CC1. The molecule has 274 valence electrons. The number of fused-ring (bicyclic) bond motifs is 1. The molecule has 52 heavy (non-hydrogen) atoms. The van der Waals surface area contributed by atoms with Gasteiger partial charge in [0.1, 0.15) is 23.1 Å². The maximum Gasteiger partial charge on any atom is 0.419 e. The number of pyridine rings is 1. The molecule has 3 amide bonds. The molecular weight excluding hydrogens is 693 g/mol. The molecule has 0 spiro atoms. The van der Waals surface area contributed by atoms with Gasteiger partial charge in [-0.2, -0.15) is 13.2 Å². The molecule has 0 atom stereocenters. The number of aromatic nitrogens is 1. The highest BCUT2D eigenvalue weighted by Gasteiger charge is 2.56. The van der Waals surface area contributed by atoms with Crippen LogP contribution in [0.3, 0.4) is 0 Å². The van der Waals surface area contributed by atoms with Gasteiger partial charge in [0.25, 0.3) is 0 Å². The number of rotatable bonds is 11. The Kier molecular flexibility index (Phi) is 10.2. The maximum atomic E-state index is 15.3. The van der Waals surface area contributed by atoms with Gasteiger partial charge in [0.2, 0.25) is 17.7 Å². The Morgan fingerprint density at radius 1 is 0.865 bits per heavy atom. The van der Waals surface area contributed by atoms with Crippen molar-refractivity contribution in [2.24, 2.45) is 5.41 Å². The summed E-state index contributed by atoms with van der Waals surface area (Å²) >= 11 is 0. The van der Waals surface area contributed by atoms with Crippen LogP contribution in [-0.4, -0.2) is 67.5 Å². The van der Waals surface area contributed by atoms with E-state index in [0.717, 1.165) is 12.1 Å². The summed E-state index contributed by atoms with van der Waals surface area (Å²) < 4.78 is 86.1. The third-order valence-electron chi connectivity index (χ3n) is 9.02. The lowest BCUT2D eigenvalue weighted by Gasteiger charge is -2.31. The summed E-state index contributed by atoms with van der Waals surface area (Å²) in [5, 5.41) is 7.88. The zero-order chi connectivity index (χ0) is 37.2. The van der Waals surface area contributed by atoms with Gasteiger partial charge in [-0.25, -0.2) is 8.78 Å². The largest absolute Gasteiger partial charge is 0.493 e. The topological polar surface area (TPSA) is 131 Å². The number of alkyl halides is 3. The van der Waals surface area contributed by atoms with Crippen molar-refractivity contribution in [2.75, 3.05) is 44.4 Å². The molecule has 1 aromatic heterocycles. The highest BCUT2D eigenvalue weighted by atomic mass is 19.4. The average Bonchev–Trinajstić information content (AvgIpc) is 3.93. The van der Waals surface area contributed by atoms with Gasteiger partial charge >= 0.3 is 6.18 Å². The summed E-state index contributed by atoms with van der Waals surface area (Å²) in [5.41, 5.74) is -2.97. The average molecular weight is 728 g/mol. The molecule has 1 aliphatic carbocycles. The van der Waals surface area contributed by atoms with Crippen molar-refractivity contribution in [1.29, 1.82) is 0 Å². The Morgan fingerprint density at radius 3 is 2.15 bits per heavy atom. The van der Waals surface area contributed by atoms with Crippen molar-refractivity contribution in [2.45, 2.75) is 38.0 Å². The van der Waals surface area contributed by atoms with Crippen LogP contribution >= 0.6 is 0 Å². The van der Waals surface area contributed by atoms with Crippen LogP contribution in [0.1, 0.15) is 31.2 Å². The van der Waals surface area contributed by atoms with E-state index in [1.807, 2.05) is 0 Å². The van der Waals surface area contributed by atoms with E-state index < -0.39 is 40.6 Å². The first-order valence-corrected chi connectivity index (χ1v) is 16.3. The van der Waals surface area contributed by atoms with Crippen LogP contribution in [0.15, 0.2) is 60.8 Å². The number of likely N-dealkylation sites (N-methyl/N-ethyl adjacent to an activating group) is 1. The van der Waals surface area contributed by atoms with Crippen molar-refractivity contribution in [3.05, 3.63) is 78.0 Å². The third-order valence-corrected chi connectivity index (χ3v) is 9.02. The monoisotopic (exact) mass is 727 g/mol. The van der Waals surface area contributed by atoms with Crippen LogP contribution in [-0.2, 0) is 20.6 Å². The van der Waals surface area contributed by atoms with Crippen molar-refractivity contribution in [3.63, 3.8) is 0 Å². The number of methoxy groups -OCH3 is 1. The molecule has 0 radical (unpaired) electrons. The summed E-state index contributed by atoms with van der Waals surface area (Å²) in [6, 6.07) is 10.6. The van der Waals surface area contributed by atoms with E-state index in [9.17, 15) is 31.9 Å². The van der Waals surface area contributed by atoms with Gasteiger partial charge in [0.15, 0.2) is 23.1 Å². The molecule has 2 heterocycles. The molecule has 1 saturated carbocycles. The summed E-state index contributed by atoms with van der Waals surface area (Å²) in [4.78, 5) is 44.2. The van der Waals surface area contributed by atoms with Gasteiger partial charge in [-0.1, -0.05) is 0 Å². The van der Waals surface area contributed by atoms with Crippen LogP contribution in [0.5, 0.6) is 23.0 Å². The van der Waals surface area contributed by atoms with E-state index in [-0.39, 0.29) is 47.7 Å². The Balaban J connectivity index is 1.11. The minimum Gasteiger partial charge on any atom is -0.493 e. The quantitative estimate of drug-likeness (QED) is 0.122. The number of nitrogens with one attached hydrogen (secondary N) is 3. The number of amides is 3. The van der Waals surface area contributed by atoms with Gasteiger partial charge in [-0.3, -0.25) is 24.3 Å². The zero-order valence-electron chi connectivity index (χ0n) is 28.0. The Morgan fingerprint density at radius 2 is 1.54 bits per heavy atom. The lowest BCUT2D eigenvalue weighted by Crippen LogP contribution is -2.43. The molecule has 0 bridgehead atoms. The van der Waals surface area contributed by atoms with Crippen molar-refractivity contribution in [1.82, 2.24) is 15.2 Å². The normalized spacial score (nSPS) is 15.8. The highest BCUT2D eigenvalue weighted by Crippen LogP contribution is 2.48. The van der Waals surface area contributed by atoms with Gasteiger partial charge < -0.3 is 30.2 Å². The van der Waals surface area contributed by atoms with Gasteiger partial charge in [-0.05, 0) is 68.1 Å². The first kappa shape index (κ1) is 36.3. The number of benzene rings is 3. The lowest BCUT2D eigenvalue weighted by molar-refractivity contribution is -0.140. The van der Waals surface area contributed by atoms with Gasteiger partial charge in [0.05, 0.1) is 24.7 Å². The summed E-state index contributed by atoms with van der Waals surface area (Å²) in [7, 11) is 3.09. The molecule has 2 aliphatic rings. The lowest BCUT2D eigenvalue weighted by atomic mass is 10.0. The van der Waals surface area contributed by atoms with E-state index in [0.29, 0.717) is 67.0 Å². The smallest absolute Gasteiger partial charge is 0.419 e.